The van der Waals surface area contributed by atoms with Crippen LogP contribution in [0.15, 0.2) is 18.2 Å². The zero-order valence-electron chi connectivity index (χ0n) is 12.1. The first-order valence-electron chi connectivity index (χ1n) is 7.98. The van der Waals surface area contributed by atoms with E-state index < -0.39 is 0 Å². The first-order valence-corrected chi connectivity index (χ1v) is 7.98. The zero-order valence-corrected chi connectivity index (χ0v) is 12.1. The van der Waals surface area contributed by atoms with Crippen LogP contribution in [0.25, 0.3) is 0 Å². The normalized spacial score (nSPS) is 31.8. The second kappa shape index (κ2) is 4.96. The summed E-state index contributed by atoms with van der Waals surface area (Å²) in [5.41, 5.74) is 1.36. The fraction of sp³-hybridized carbons (Fsp3) is 0.647. The molecule has 3 aliphatic rings. The van der Waals surface area contributed by atoms with Gasteiger partial charge in [-0.05, 0) is 61.3 Å². The average molecular weight is 273 g/mol. The van der Waals surface area contributed by atoms with Crippen LogP contribution >= 0.6 is 0 Å². The minimum Gasteiger partial charge on any atom is -0.486 e. The third-order valence-electron chi connectivity index (χ3n) is 5.10. The summed E-state index contributed by atoms with van der Waals surface area (Å²) in [5.74, 6) is 4.65. The summed E-state index contributed by atoms with van der Waals surface area (Å²) in [5, 5.41) is 3.69. The molecule has 1 aliphatic heterocycles. The van der Waals surface area contributed by atoms with E-state index in [1.54, 1.807) is 0 Å². The second-order valence-corrected chi connectivity index (χ2v) is 6.43. The maximum absolute atomic E-state index is 5.73. The lowest BCUT2D eigenvalue weighted by Crippen LogP contribution is -2.28. The van der Waals surface area contributed by atoms with E-state index in [-0.39, 0.29) is 0 Å². The van der Waals surface area contributed by atoms with Crippen molar-refractivity contribution in [2.24, 2.45) is 17.8 Å². The maximum atomic E-state index is 5.73. The monoisotopic (exact) mass is 273 g/mol. The molecule has 0 spiro atoms. The van der Waals surface area contributed by atoms with E-state index in [4.69, 9.17) is 9.47 Å². The molecule has 0 radical (unpaired) electrons. The van der Waals surface area contributed by atoms with Crippen LogP contribution in [0, 0.1) is 17.8 Å². The predicted molar refractivity (Wildman–Crippen MR) is 78.2 cm³/mol. The Hall–Kier alpha value is -1.22. The number of benzene rings is 1. The van der Waals surface area contributed by atoms with Crippen molar-refractivity contribution in [3.63, 3.8) is 0 Å². The summed E-state index contributed by atoms with van der Waals surface area (Å²) in [6, 6.07) is 6.95. The molecular formula is C17H23NO2. The molecule has 1 heterocycles. The van der Waals surface area contributed by atoms with Gasteiger partial charge in [0, 0.05) is 6.04 Å². The average Bonchev–Trinajstić information content (AvgIpc) is 3.10. The molecule has 2 aliphatic carbocycles. The molecule has 4 rings (SSSR count). The molecule has 3 nitrogen and oxygen atoms in total. The third kappa shape index (κ3) is 2.18. The highest BCUT2D eigenvalue weighted by Gasteiger charge is 2.48. The van der Waals surface area contributed by atoms with Crippen molar-refractivity contribution >= 4 is 0 Å². The Balaban J connectivity index is 1.58. The van der Waals surface area contributed by atoms with Crippen LogP contribution < -0.4 is 14.8 Å². The number of fused-ring (bicyclic) bond motifs is 2. The van der Waals surface area contributed by atoms with Crippen LogP contribution in [0.3, 0.4) is 0 Å². The number of hydrogen-bond acceptors (Lipinski definition) is 3. The van der Waals surface area contributed by atoms with Gasteiger partial charge in [0.05, 0.1) is 0 Å². The van der Waals surface area contributed by atoms with Gasteiger partial charge >= 0.3 is 0 Å². The molecule has 0 saturated heterocycles. The minimum absolute atomic E-state index is 0.476. The number of ether oxygens (including phenoxy) is 2. The summed E-state index contributed by atoms with van der Waals surface area (Å²) in [6.45, 7) is 4.54. The van der Waals surface area contributed by atoms with Gasteiger partial charge in [-0.1, -0.05) is 13.0 Å². The fourth-order valence-electron chi connectivity index (χ4n) is 4.06. The standard InChI is InChI=1S/C17H23NO2/c1-2-18-17(14-8-12-7-13(12)9-14)11-3-4-15-16(10-11)20-6-5-19-15/h3-4,10,12-14,17-18H,2,5-9H2,1H3. The van der Waals surface area contributed by atoms with E-state index in [0.29, 0.717) is 19.3 Å². The van der Waals surface area contributed by atoms with Crippen LogP contribution in [-0.2, 0) is 0 Å². The maximum Gasteiger partial charge on any atom is 0.161 e. The molecule has 1 N–H and O–H groups in total. The molecule has 3 atom stereocenters. The Morgan fingerprint density at radius 3 is 2.60 bits per heavy atom. The van der Waals surface area contributed by atoms with Crippen LogP contribution in [0.1, 0.15) is 37.8 Å². The van der Waals surface area contributed by atoms with Gasteiger partial charge in [-0.3, -0.25) is 0 Å². The van der Waals surface area contributed by atoms with Gasteiger partial charge in [0.25, 0.3) is 0 Å². The van der Waals surface area contributed by atoms with Crippen LogP contribution in [0.4, 0.5) is 0 Å². The number of nitrogens with one attached hydrogen (secondary N) is 1. The first-order chi connectivity index (χ1) is 9.85. The molecule has 3 unspecified atom stereocenters. The smallest absolute Gasteiger partial charge is 0.161 e. The SMILES string of the molecule is CCNC(c1ccc2c(c1)OCCO2)C1CC2CC2C1. The topological polar surface area (TPSA) is 30.5 Å². The molecule has 0 amide bonds. The van der Waals surface area contributed by atoms with Gasteiger partial charge in [-0.2, -0.15) is 0 Å². The lowest BCUT2D eigenvalue weighted by atomic mass is 9.89. The Morgan fingerprint density at radius 2 is 1.85 bits per heavy atom. The van der Waals surface area contributed by atoms with Gasteiger partial charge in [-0.25, -0.2) is 0 Å². The van der Waals surface area contributed by atoms with Crippen molar-refractivity contribution in [1.29, 1.82) is 0 Å². The van der Waals surface area contributed by atoms with E-state index in [0.717, 1.165) is 35.8 Å². The molecule has 2 saturated carbocycles. The van der Waals surface area contributed by atoms with Gasteiger partial charge in [-0.15, -0.1) is 0 Å². The Labute approximate surface area is 120 Å². The highest BCUT2D eigenvalue weighted by Crippen LogP contribution is 2.57. The Bertz CT molecular complexity index is 492. The van der Waals surface area contributed by atoms with E-state index in [9.17, 15) is 0 Å². The van der Waals surface area contributed by atoms with Crippen molar-refractivity contribution in [3.8, 4) is 11.5 Å². The zero-order chi connectivity index (χ0) is 13.5. The van der Waals surface area contributed by atoms with Gasteiger partial charge < -0.3 is 14.8 Å². The van der Waals surface area contributed by atoms with Gasteiger partial charge in [0.15, 0.2) is 11.5 Å². The van der Waals surface area contributed by atoms with Crippen LogP contribution in [-0.4, -0.2) is 19.8 Å². The Kier molecular flexibility index (Phi) is 3.10. The lowest BCUT2D eigenvalue weighted by Gasteiger charge is -2.27. The number of hydrogen-bond donors (Lipinski definition) is 1. The highest BCUT2D eigenvalue weighted by atomic mass is 16.6. The highest BCUT2D eigenvalue weighted by molar-refractivity contribution is 5.45. The van der Waals surface area contributed by atoms with E-state index in [2.05, 4.69) is 30.4 Å². The van der Waals surface area contributed by atoms with E-state index in [1.165, 1.54) is 24.8 Å². The molecule has 1 aromatic rings. The largest absolute Gasteiger partial charge is 0.486 e. The molecule has 3 heteroatoms. The fourth-order valence-corrected chi connectivity index (χ4v) is 4.06. The first kappa shape index (κ1) is 12.5. The van der Waals surface area contributed by atoms with Crippen LogP contribution in [0.2, 0.25) is 0 Å². The van der Waals surface area contributed by atoms with Crippen molar-refractivity contribution in [2.75, 3.05) is 19.8 Å². The summed E-state index contributed by atoms with van der Waals surface area (Å²) >= 11 is 0. The summed E-state index contributed by atoms with van der Waals surface area (Å²) < 4.78 is 11.4. The van der Waals surface area contributed by atoms with Gasteiger partial charge in [0.1, 0.15) is 13.2 Å². The molecule has 0 bridgehead atoms. The van der Waals surface area contributed by atoms with Crippen LogP contribution in [0.5, 0.6) is 11.5 Å². The van der Waals surface area contributed by atoms with Crippen molar-refractivity contribution in [1.82, 2.24) is 5.32 Å². The number of rotatable bonds is 4. The third-order valence-corrected chi connectivity index (χ3v) is 5.10. The summed E-state index contributed by atoms with van der Waals surface area (Å²) in [4.78, 5) is 0. The van der Waals surface area contributed by atoms with Crippen molar-refractivity contribution in [2.45, 2.75) is 32.2 Å². The quantitative estimate of drug-likeness (QED) is 0.914. The van der Waals surface area contributed by atoms with Gasteiger partial charge in [0.2, 0.25) is 0 Å². The lowest BCUT2D eigenvalue weighted by molar-refractivity contribution is 0.171. The molecular weight excluding hydrogens is 250 g/mol. The van der Waals surface area contributed by atoms with E-state index >= 15 is 0 Å². The molecule has 1 aromatic carbocycles. The summed E-state index contributed by atoms with van der Waals surface area (Å²) in [6.07, 6.45) is 4.28. The molecule has 2 fully saturated rings. The second-order valence-electron chi connectivity index (χ2n) is 6.43. The summed E-state index contributed by atoms with van der Waals surface area (Å²) in [7, 11) is 0. The molecule has 20 heavy (non-hydrogen) atoms. The molecule has 0 aromatic heterocycles. The molecule has 108 valence electrons. The minimum atomic E-state index is 0.476. The van der Waals surface area contributed by atoms with Crippen molar-refractivity contribution in [3.05, 3.63) is 23.8 Å². The predicted octanol–water partition coefficient (Wildman–Crippen LogP) is 3.15. The van der Waals surface area contributed by atoms with Crippen molar-refractivity contribution < 1.29 is 9.47 Å². The Morgan fingerprint density at radius 1 is 1.10 bits per heavy atom. The van der Waals surface area contributed by atoms with E-state index in [1.807, 2.05) is 0 Å².